The van der Waals surface area contributed by atoms with Gasteiger partial charge in [0, 0.05) is 18.8 Å². The first-order chi connectivity index (χ1) is 13.6. The largest absolute Gasteiger partial charge is 0.463 e. The van der Waals surface area contributed by atoms with Crippen LogP contribution in [-0.4, -0.2) is 36.7 Å². The van der Waals surface area contributed by atoms with Crippen LogP contribution in [0.5, 0.6) is 0 Å². The second-order valence-electron chi connectivity index (χ2n) is 11.5. The SMILES string of the molecule is CC(=O)O[C@@H]1[C@@H]2[C@@]3(C)CCCC(C)(C)[C@@H]3CC[C@@]2(C)[C@@H]2COC(=O)[C@@]23N=NC[C@@H]13. The highest BCUT2D eigenvalue weighted by molar-refractivity contribution is 5.85. The first-order valence-electron chi connectivity index (χ1n) is 11.3. The summed E-state index contributed by atoms with van der Waals surface area (Å²) < 4.78 is 11.8. The molecule has 2 heterocycles. The number of carbonyl (C=O) groups excluding carboxylic acids is 2. The molecule has 6 nitrogen and oxygen atoms in total. The Morgan fingerprint density at radius 1 is 1.10 bits per heavy atom. The normalized spacial score (nSPS) is 52.0. The first-order valence-corrected chi connectivity index (χ1v) is 11.3. The molecule has 8 atom stereocenters. The molecule has 29 heavy (non-hydrogen) atoms. The summed E-state index contributed by atoms with van der Waals surface area (Å²) in [5, 5.41) is 8.89. The van der Waals surface area contributed by atoms with Gasteiger partial charge in [-0.25, -0.2) is 4.79 Å². The lowest BCUT2D eigenvalue weighted by Crippen LogP contribution is -2.71. The van der Waals surface area contributed by atoms with Crippen molar-refractivity contribution in [2.45, 2.75) is 78.4 Å². The number of rotatable bonds is 1. The molecule has 3 saturated carbocycles. The van der Waals surface area contributed by atoms with Gasteiger partial charge in [-0.1, -0.05) is 34.1 Å². The third-order valence-corrected chi connectivity index (χ3v) is 9.81. The van der Waals surface area contributed by atoms with E-state index >= 15 is 0 Å². The van der Waals surface area contributed by atoms with E-state index in [1.54, 1.807) is 0 Å². The molecule has 3 aliphatic carbocycles. The van der Waals surface area contributed by atoms with Gasteiger partial charge in [0.25, 0.3) is 0 Å². The van der Waals surface area contributed by atoms with Crippen molar-refractivity contribution in [1.29, 1.82) is 0 Å². The van der Waals surface area contributed by atoms with E-state index in [-0.39, 0.29) is 52.0 Å². The summed E-state index contributed by atoms with van der Waals surface area (Å²) in [6, 6.07) is 0. The fraction of sp³-hybridized carbons (Fsp3) is 0.913. The molecule has 2 aliphatic heterocycles. The maximum absolute atomic E-state index is 13.0. The number of azo groups is 1. The third kappa shape index (κ3) is 2.24. The van der Waals surface area contributed by atoms with Crippen LogP contribution in [0.2, 0.25) is 0 Å². The summed E-state index contributed by atoms with van der Waals surface area (Å²) >= 11 is 0. The van der Waals surface area contributed by atoms with Crippen molar-refractivity contribution >= 4 is 11.9 Å². The predicted molar refractivity (Wildman–Crippen MR) is 106 cm³/mol. The fourth-order valence-corrected chi connectivity index (χ4v) is 8.91. The standard InChI is InChI=1S/C23H34N2O4/c1-13(26)29-17-14-11-24-25-23(14)16(12-28-19(23)27)22(5)10-7-15-20(2,3)8-6-9-21(15,4)18(17)22/h14-18H,6-12H2,1-5H3/t14-,15-,16-,17-,18+,21-,22-,23-/m0/s1. The van der Waals surface area contributed by atoms with Crippen LogP contribution in [0.4, 0.5) is 0 Å². The molecule has 0 amide bonds. The average molecular weight is 403 g/mol. The van der Waals surface area contributed by atoms with Crippen LogP contribution in [0.1, 0.15) is 66.7 Å². The number of cyclic esters (lactones) is 1. The van der Waals surface area contributed by atoms with Gasteiger partial charge in [-0.3, -0.25) is 4.79 Å². The quantitative estimate of drug-likeness (QED) is 0.617. The van der Waals surface area contributed by atoms with E-state index in [1.165, 1.54) is 19.8 Å². The lowest BCUT2D eigenvalue weighted by molar-refractivity contribution is -0.234. The van der Waals surface area contributed by atoms with Gasteiger partial charge in [0.2, 0.25) is 0 Å². The van der Waals surface area contributed by atoms with Crippen LogP contribution < -0.4 is 0 Å². The van der Waals surface area contributed by atoms with Crippen LogP contribution in [0, 0.1) is 39.9 Å². The van der Waals surface area contributed by atoms with Gasteiger partial charge >= 0.3 is 11.9 Å². The number of fused-ring (bicyclic) bond motifs is 4. The van der Waals surface area contributed by atoms with Crippen molar-refractivity contribution in [3.8, 4) is 0 Å². The van der Waals surface area contributed by atoms with Crippen molar-refractivity contribution in [3.63, 3.8) is 0 Å². The van der Waals surface area contributed by atoms with Crippen molar-refractivity contribution in [1.82, 2.24) is 0 Å². The minimum atomic E-state index is -0.960. The minimum Gasteiger partial charge on any atom is -0.463 e. The molecular formula is C23H34N2O4. The number of ether oxygens (including phenoxy) is 2. The van der Waals surface area contributed by atoms with E-state index in [0.29, 0.717) is 19.1 Å². The summed E-state index contributed by atoms with van der Waals surface area (Å²) in [6.07, 6.45) is 5.42. The zero-order chi connectivity index (χ0) is 20.8. The Morgan fingerprint density at radius 2 is 1.83 bits per heavy atom. The third-order valence-electron chi connectivity index (χ3n) is 9.81. The molecule has 4 fully saturated rings. The molecule has 1 spiro atoms. The molecule has 0 radical (unpaired) electrons. The topological polar surface area (TPSA) is 77.3 Å². The highest BCUT2D eigenvalue weighted by Crippen LogP contribution is 2.72. The Kier molecular flexibility index (Phi) is 3.91. The Balaban J connectivity index is 1.69. The molecule has 0 unspecified atom stereocenters. The fourth-order valence-electron chi connectivity index (χ4n) is 8.91. The van der Waals surface area contributed by atoms with Gasteiger partial charge in [-0.05, 0) is 47.8 Å². The maximum atomic E-state index is 13.0. The second-order valence-corrected chi connectivity index (χ2v) is 11.5. The highest BCUT2D eigenvalue weighted by atomic mass is 16.6. The first kappa shape index (κ1) is 19.5. The minimum absolute atomic E-state index is 0.0124. The van der Waals surface area contributed by atoms with Gasteiger partial charge in [0.1, 0.15) is 6.10 Å². The Labute approximate surface area is 173 Å². The van der Waals surface area contributed by atoms with E-state index in [4.69, 9.17) is 9.47 Å². The monoisotopic (exact) mass is 402 g/mol. The predicted octanol–water partition coefficient (Wildman–Crippen LogP) is 4.17. The van der Waals surface area contributed by atoms with E-state index in [2.05, 4.69) is 37.9 Å². The molecule has 6 heteroatoms. The van der Waals surface area contributed by atoms with Crippen LogP contribution >= 0.6 is 0 Å². The maximum Gasteiger partial charge on any atom is 0.336 e. The zero-order valence-corrected chi connectivity index (χ0v) is 18.4. The summed E-state index contributed by atoms with van der Waals surface area (Å²) in [7, 11) is 0. The molecule has 1 saturated heterocycles. The van der Waals surface area contributed by atoms with Crippen LogP contribution in [0.15, 0.2) is 10.2 Å². The summed E-state index contributed by atoms with van der Waals surface area (Å²) in [6.45, 7) is 11.9. The average Bonchev–Trinajstić information content (AvgIpc) is 3.18. The van der Waals surface area contributed by atoms with E-state index in [0.717, 1.165) is 19.3 Å². The number of esters is 2. The Hall–Kier alpha value is -1.46. The van der Waals surface area contributed by atoms with Gasteiger partial charge < -0.3 is 9.47 Å². The highest BCUT2D eigenvalue weighted by Gasteiger charge is 2.77. The lowest BCUT2D eigenvalue weighted by Gasteiger charge is -2.68. The molecule has 0 N–H and O–H groups in total. The molecular weight excluding hydrogens is 368 g/mol. The molecule has 0 aromatic carbocycles. The van der Waals surface area contributed by atoms with Crippen LogP contribution in [0.3, 0.4) is 0 Å². The van der Waals surface area contributed by atoms with Gasteiger partial charge in [-0.15, -0.1) is 0 Å². The molecule has 0 bridgehead atoms. The molecule has 5 aliphatic rings. The van der Waals surface area contributed by atoms with Crippen LogP contribution in [0.25, 0.3) is 0 Å². The van der Waals surface area contributed by atoms with Crippen molar-refractivity contribution in [3.05, 3.63) is 0 Å². The molecule has 5 rings (SSSR count). The lowest BCUT2D eigenvalue weighted by atomic mass is 9.36. The van der Waals surface area contributed by atoms with Gasteiger partial charge in [0.15, 0.2) is 5.54 Å². The van der Waals surface area contributed by atoms with E-state index < -0.39 is 5.54 Å². The van der Waals surface area contributed by atoms with Gasteiger partial charge in [0.05, 0.1) is 19.1 Å². The summed E-state index contributed by atoms with van der Waals surface area (Å²) in [5.74, 6) is 0.0503. The summed E-state index contributed by atoms with van der Waals surface area (Å²) in [4.78, 5) is 25.3. The van der Waals surface area contributed by atoms with E-state index in [1.807, 2.05) is 0 Å². The summed E-state index contributed by atoms with van der Waals surface area (Å²) in [5.41, 5.74) is -0.783. The number of hydrogen-bond acceptors (Lipinski definition) is 6. The second kappa shape index (κ2) is 5.82. The van der Waals surface area contributed by atoms with Gasteiger partial charge in [-0.2, -0.15) is 10.2 Å². The van der Waals surface area contributed by atoms with Crippen molar-refractivity contribution < 1.29 is 19.1 Å². The number of nitrogens with zero attached hydrogens (tertiary/aromatic N) is 2. The zero-order valence-electron chi connectivity index (χ0n) is 18.4. The Bertz CT molecular complexity index is 794. The van der Waals surface area contributed by atoms with Crippen molar-refractivity contribution in [2.75, 3.05) is 13.2 Å². The van der Waals surface area contributed by atoms with E-state index in [9.17, 15) is 9.59 Å². The smallest absolute Gasteiger partial charge is 0.336 e. The number of carbonyl (C=O) groups is 2. The number of hydrogen-bond donors (Lipinski definition) is 0. The molecule has 160 valence electrons. The molecule has 0 aromatic rings. The molecule has 0 aromatic heterocycles. The van der Waals surface area contributed by atoms with Crippen molar-refractivity contribution in [2.24, 2.45) is 50.1 Å². The van der Waals surface area contributed by atoms with Crippen LogP contribution in [-0.2, 0) is 19.1 Å². The Morgan fingerprint density at radius 3 is 2.55 bits per heavy atom.